The molecule has 0 bridgehead atoms. The lowest BCUT2D eigenvalue weighted by Crippen LogP contribution is -2.54. The van der Waals surface area contributed by atoms with Crippen LogP contribution in [0.15, 0.2) is 28.8 Å². The van der Waals surface area contributed by atoms with Crippen molar-refractivity contribution in [2.24, 2.45) is 0 Å². The number of amides is 3. The SMILES string of the molecule is COCCOCCOCCOCCOCCOCCOC(=O)N(CCCCCCn1c(=O)n(CCCCCCOC#N)c(=O)n(CCCCCCOC#N)c1=O)C(=O)NCCCCCCn1c(=O)n(CCCCCCOC#N)c(=O)n(CCCCCCOC#N)c1=O. The van der Waals surface area contributed by atoms with Crippen LogP contribution in [0.2, 0.25) is 0 Å². The average Bonchev–Trinajstić information content (AvgIpc) is 0.848. The van der Waals surface area contributed by atoms with Crippen LogP contribution < -0.4 is 39.5 Å². The van der Waals surface area contributed by atoms with E-state index in [2.05, 4.69) is 5.32 Å². The van der Waals surface area contributed by atoms with Crippen molar-refractivity contribution in [1.82, 2.24) is 37.6 Å². The number of nitrogens with one attached hydrogen (secondary N) is 1. The molecule has 1 N–H and O–H groups in total. The van der Waals surface area contributed by atoms with Gasteiger partial charge in [-0.1, -0.05) is 51.4 Å². The molecule has 518 valence electrons. The molecule has 0 aliphatic heterocycles. The molecule has 0 fully saturated rings. The summed E-state index contributed by atoms with van der Waals surface area (Å²) in [5.41, 5.74) is -4.14. The summed E-state index contributed by atoms with van der Waals surface area (Å²) in [4.78, 5) is 110. The molecule has 0 aliphatic carbocycles. The lowest BCUT2D eigenvalue weighted by atomic mass is 10.2. The molecule has 0 aliphatic rings. The van der Waals surface area contributed by atoms with E-state index in [1.165, 1.54) is 0 Å². The Morgan fingerprint density at radius 3 is 0.870 bits per heavy atom. The average molecular weight is 1310 g/mol. The quantitative estimate of drug-likeness (QED) is 0.0699. The second-order valence-corrected chi connectivity index (χ2v) is 21.4. The Hall–Kier alpha value is -7.52. The predicted molar refractivity (Wildman–Crippen MR) is 333 cm³/mol. The third kappa shape index (κ3) is 35.9. The third-order valence-electron chi connectivity index (χ3n) is 14.5. The Morgan fingerprint density at radius 1 is 0.337 bits per heavy atom. The van der Waals surface area contributed by atoms with Gasteiger partial charge >= 0.3 is 46.3 Å². The van der Waals surface area contributed by atoms with Crippen molar-refractivity contribution in [1.29, 1.82) is 21.0 Å². The van der Waals surface area contributed by atoms with Gasteiger partial charge in [0.25, 0.3) is 25.0 Å². The topological polar surface area (TPSA) is 378 Å². The summed E-state index contributed by atoms with van der Waals surface area (Å²) in [5.74, 6) is 0. The number of carbonyl (C=O) groups is 2. The van der Waals surface area contributed by atoms with Gasteiger partial charge in [0.05, 0.1) is 72.7 Å². The monoisotopic (exact) mass is 1300 g/mol. The molecule has 92 heavy (non-hydrogen) atoms. The molecule has 31 heteroatoms. The van der Waals surface area contributed by atoms with Crippen molar-refractivity contribution >= 4 is 12.1 Å². The van der Waals surface area contributed by atoms with E-state index in [4.69, 9.17) is 73.2 Å². The van der Waals surface area contributed by atoms with Crippen LogP contribution in [-0.2, 0) is 91.4 Å². The molecule has 0 atom stereocenters. The number of hydrogen-bond acceptors (Lipinski definition) is 23. The van der Waals surface area contributed by atoms with Crippen molar-refractivity contribution in [3.8, 4) is 25.0 Å². The number of aromatic nitrogens is 6. The van der Waals surface area contributed by atoms with Crippen LogP contribution in [0.1, 0.15) is 154 Å². The molecule has 2 aromatic heterocycles. The molecule has 0 spiro atoms. The minimum atomic E-state index is -0.893. The van der Waals surface area contributed by atoms with E-state index in [0.29, 0.717) is 194 Å². The highest BCUT2D eigenvalue weighted by Crippen LogP contribution is 2.09. The van der Waals surface area contributed by atoms with E-state index >= 15 is 0 Å². The van der Waals surface area contributed by atoms with E-state index in [1.54, 1.807) is 32.1 Å². The Bertz CT molecular complexity index is 2730. The van der Waals surface area contributed by atoms with E-state index < -0.39 is 46.3 Å². The standard InChI is InChI=1S/C61H100N12O19/c1-82-38-39-83-40-41-84-42-43-85-44-45-86-46-47-87-48-49-92-61(81)67(27-15-4-5-17-29-69-57(77)72(32-20-8-12-24-36-90-52-64)60(80)73(58(69)78)33-21-9-13-25-37-91-53-65)54(74)66-26-14-2-3-16-28-68-55(75)70(30-18-6-10-22-34-88-50-62)59(79)71(56(68)76)31-19-7-11-23-35-89-51-63/h2-49H2,1H3,(H,66,74). The summed E-state index contributed by atoms with van der Waals surface area (Å²) in [6.07, 6.45) is 19.5. The van der Waals surface area contributed by atoms with Gasteiger partial charge in [-0.3, -0.25) is 0 Å². The maximum atomic E-state index is 13.7. The maximum Gasteiger partial charge on any atom is 0.418 e. The van der Waals surface area contributed by atoms with E-state index in [1.807, 2.05) is 0 Å². The molecule has 2 aromatic rings. The lowest BCUT2D eigenvalue weighted by Gasteiger charge is -2.21. The predicted octanol–water partition coefficient (Wildman–Crippen LogP) is 4.59. The highest BCUT2D eigenvalue weighted by molar-refractivity contribution is 5.90. The van der Waals surface area contributed by atoms with Crippen LogP contribution in [-0.4, -0.2) is 170 Å². The summed E-state index contributed by atoms with van der Waals surface area (Å²) >= 11 is 0. The molecule has 31 nitrogen and oxygen atoms in total. The zero-order valence-electron chi connectivity index (χ0n) is 54.1. The van der Waals surface area contributed by atoms with Gasteiger partial charge in [-0.15, -0.1) is 0 Å². The molecule has 2 heterocycles. The van der Waals surface area contributed by atoms with Crippen LogP contribution in [0.5, 0.6) is 0 Å². The number of ether oxygens (including phenoxy) is 11. The molecule has 0 saturated carbocycles. The van der Waals surface area contributed by atoms with Crippen LogP contribution in [0, 0.1) is 46.1 Å². The molecule has 0 saturated heterocycles. The molecule has 0 radical (unpaired) electrons. The van der Waals surface area contributed by atoms with Gasteiger partial charge in [0.15, 0.2) is 0 Å². The van der Waals surface area contributed by atoms with E-state index in [-0.39, 0.29) is 105 Å². The smallest absolute Gasteiger partial charge is 0.418 e. The largest absolute Gasteiger partial charge is 0.447 e. The molecular formula is C61H100N12O19. The van der Waals surface area contributed by atoms with Crippen molar-refractivity contribution < 1.29 is 61.7 Å². The van der Waals surface area contributed by atoms with Gasteiger partial charge in [0.1, 0.15) is 33.0 Å². The van der Waals surface area contributed by atoms with Gasteiger partial charge in [0.2, 0.25) is 0 Å². The highest BCUT2D eigenvalue weighted by atomic mass is 16.6. The Balaban J connectivity index is 2.07. The Labute approximate surface area is 538 Å². The minimum Gasteiger partial charge on any atom is -0.447 e. The normalized spacial score (nSPS) is 10.9. The first-order valence-corrected chi connectivity index (χ1v) is 32.5. The highest BCUT2D eigenvalue weighted by Gasteiger charge is 2.23. The van der Waals surface area contributed by atoms with Crippen LogP contribution in [0.3, 0.4) is 0 Å². The Morgan fingerprint density at radius 2 is 0.587 bits per heavy atom. The van der Waals surface area contributed by atoms with Crippen LogP contribution >= 0.6 is 0 Å². The molecule has 0 unspecified atom stereocenters. The van der Waals surface area contributed by atoms with Gasteiger partial charge in [-0.05, 0) is 103 Å². The number of nitrogens with zero attached hydrogens (tertiary/aromatic N) is 11. The fraction of sp³-hybridized carbons (Fsp3) is 0.803. The van der Waals surface area contributed by atoms with Crippen LogP contribution in [0.4, 0.5) is 9.59 Å². The zero-order chi connectivity index (χ0) is 66.9. The number of imide groups is 1. The number of rotatable bonds is 60. The summed E-state index contributed by atoms with van der Waals surface area (Å²) in [6, 6.07) is -0.689. The minimum absolute atomic E-state index is 0.0237. The molecule has 0 aromatic carbocycles. The van der Waals surface area contributed by atoms with E-state index in [9.17, 15) is 38.4 Å². The second kappa shape index (κ2) is 55.1. The second-order valence-electron chi connectivity index (χ2n) is 21.4. The first kappa shape index (κ1) is 80.6. The van der Waals surface area contributed by atoms with Crippen molar-refractivity contribution in [3.63, 3.8) is 0 Å². The molecule has 2 rings (SSSR count). The van der Waals surface area contributed by atoms with Crippen molar-refractivity contribution in [2.75, 3.05) is 126 Å². The maximum absolute atomic E-state index is 13.7. The third-order valence-corrected chi connectivity index (χ3v) is 14.5. The zero-order valence-corrected chi connectivity index (χ0v) is 54.1. The number of hydrogen-bond donors (Lipinski definition) is 1. The van der Waals surface area contributed by atoms with Gasteiger partial charge in [-0.2, -0.15) is 21.0 Å². The number of methoxy groups -OCH3 is 1. The van der Waals surface area contributed by atoms with Gasteiger partial charge in [-0.25, -0.2) is 70.7 Å². The summed E-state index contributed by atoms with van der Waals surface area (Å²) in [6.45, 7) is 5.58. The van der Waals surface area contributed by atoms with Crippen LogP contribution in [0.25, 0.3) is 0 Å². The first-order valence-electron chi connectivity index (χ1n) is 32.5. The molecule has 3 amide bonds. The van der Waals surface area contributed by atoms with Gasteiger partial charge in [0, 0.05) is 59.5 Å². The number of urea groups is 1. The fourth-order valence-corrected chi connectivity index (χ4v) is 9.48. The number of carbonyl (C=O) groups excluding carboxylic acids is 2. The van der Waals surface area contributed by atoms with E-state index in [0.717, 1.165) is 45.1 Å². The van der Waals surface area contributed by atoms with Crippen molar-refractivity contribution in [2.45, 2.75) is 193 Å². The first-order chi connectivity index (χ1) is 45.0. The summed E-state index contributed by atoms with van der Waals surface area (Å²) < 4.78 is 63.3. The number of unbranched alkanes of at least 4 members (excludes halogenated alkanes) is 18. The van der Waals surface area contributed by atoms with Crippen molar-refractivity contribution in [3.05, 3.63) is 62.9 Å². The summed E-state index contributed by atoms with van der Waals surface area (Å²) in [5, 5.41) is 37.3. The summed E-state index contributed by atoms with van der Waals surface area (Å²) in [7, 11) is 1.61. The number of nitriles is 4. The fourth-order valence-electron chi connectivity index (χ4n) is 9.48. The molecular weight excluding hydrogens is 1200 g/mol. The van der Waals surface area contributed by atoms with Gasteiger partial charge < -0.3 is 57.4 Å². The lowest BCUT2D eigenvalue weighted by molar-refractivity contribution is -0.0172. The Kier molecular flexibility index (Phi) is 48.3.